The molecular weight excluding hydrogens is 280 g/mol. The Hall–Kier alpha value is -0.340. The molecule has 0 atom stereocenters. The van der Waals surface area contributed by atoms with Crippen LogP contribution in [0.15, 0.2) is 45.3 Å². The van der Waals surface area contributed by atoms with Crippen LogP contribution in [-0.2, 0) is 0 Å². The molecule has 60 valence electrons. The van der Waals surface area contributed by atoms with Gasteiger partial charge < -0.3 is 0 Å². The fourth-order valence-corrected chi connectivity index (χ4v) is 1.73. The van der Waals surface area contributed by atoms with E-state index in [0.29, 0.717) is 12.1 Å². The Kier molecular flexibility index (Phi) is 1.64. The predicted octanol–water partition coefficient (Wildman–Crippen LogP) is 4.36. The molecule has 0 saturated carbocycles. The zero-order valence-electron chi connectivity index (χ0n) is 8.07. The standard InChI is InChI=1S/C10H6Br2/c11-9-3-1-7-5-10(12)4-2-8(7)6-9/h1-6H/i1D,2D. The van der Waals surface area contributed by atoms with Crippen molar-refractivity contribution in [2.45, 2.75) is 0 Å². The third kappa shape index (κ3) is 1.54. The molecule has 0 aliphatic heterocycles. The second-order valence-corrected chi connectivity index (χ2v) is 4.29. The zero-order chi connectivity index (χ0) is 10.3. The summed E-state index contributed by atoms with van der Waals surface area (Å²) in [7, 11) is 0. The molecule has 2 rings (SSSR count). The van der Waals surface area contributed by atoms with Gasteiger partial charge in [0.15, 0.2) is 0 Å². The molecule has 0 saturated heterocycles. The molecule has 0 N–H and O–H groups in total. The molecule has 0 heterocycles. The average molecular weight is 288 g/mol. The van der Waals surface area contributed by atoms with Gasteiger partial charge in [0, 0.05) is 8.95 Å². The number of hydrogen-bond acceptors (Lipinski definition) is 0. The normalized spacial score (nSPS) is 12.8. The van der Waals surface area contributed by atoms with Crippen molar-refractivity contribution in [1.29, 1.82) is 0 Å². The molecule has 0 unspecified atom stereocenters. The van der Waals surface area contributed by atoms with E-state index in [-0.39, 0.29) is 0 Å². The Balaban J connectivity index is 2.94. The van der Waals surface area contributed by atoms with Gasteiger partial charge in [-0.3, -0.25) is 0 Å². The van der Waals surface area contributed by atoms with Crippen molar-refractivity contribution in [2.75, 3.05) is 0 Å². The Morgan fingerprint density at radius 2 is 1.33 bits per heavy atom. The second-order valence-electron chi connectivity index (χ2n) is 2.46. The SMILES string of the molecule is [2H]c1cc(Br)cc2c([2H])cc(Br)cc12. The van der Waals surface area contributed by atoms with Crippen LogP contribution in [0.2, 0.25) is 0 Å². The van der Waals surface area contributed by atoms with Crippen molar-refractivity contribution in [3.63, 3.8) is 0 Å². The molecule has 0 fully saturated rings. The minimum atomic E-state index is 0.434. The van der Waals surface area contributed by atoms with Gasteiger partial charge in [-0.2, -0.15) is 0 Å². The smallest absolute Gasteiger partial charge is 0.0532 e. The molecular formula is C10H6Br2. The molecule has 0 bridgehead atoms. The van der Waals surface area contributed by atoms with E-state index < -0.39 is 0 Å². The van der Waals surface area contributed by atoms with Gasteiger partial charge in [0.05, 0.1) is 2.74 Å². The molecule has 0 amide bonds. The summed E-state index contributed by atoms with van der Waals surface area (Å²) in [5.41, 5.74) is 0. The molecule has 2 heteroatoms. The number of halogens is 2. The van der Waals surface area contributed by atoms with Crippen LogP contribution in [0, 0.1) is 0 Å². The van der Waals surface area contributed by atoms with E-state index in [1.165, 1.54) is 0 Å². The summed E-state index contributed by atoms with van der Waals surface area (Å²) in [5.74, 6) is 0. The van der Waals surface area contributed by atoms with Crippen molar-refractivity contribution in [3.8, 4) is 0 Å². The first-order valence-electron chi connectivity index (χ1n) is 4.44. The van der Waals surface area contributed by atoms with E-state index in [2.05, 4.69) is 31.9 Å². The molecule has 2 aromatic carbocycles. The zero-order valence-corrected chi connectivity index (χ0v) is 9.24. The maximum absolute atomic E-state index is 7.76. The fraction of sp³-hybridized carbons (Fsp3) is 0. The molecule has 0 nitrogen and oxygen atoms in total. The maximum Gasteiger partial charge on any atom is 0.0630 e. The van der Waals surface area contributed by atoms with E-state index in [1.54, 1.807) is 12.1 Å². The first kappa shape index (κ1) is 6.17. The summed E-state index contributed by atoms with van der Waals surface area (Å²) in [5, 5.41) is 1.60. The van der Waals surface area contributed by atoms with Gasteiger partial charge in [-0.15, -0.1) is 0 Å². The van der Waals surface area contributed by atoms with Crippen molar-refractivity contribution in [3.05, 3.63) is 45.3 Å². The van der Waals surface area contributed by atoms with Crippen molar-refractivity contribution >= 4 is 42.6 Å². The summed E-state index contributed by atoms with van der Waals surface area (Å²) in [4.78, 5) is 0. The van der Waals surface area contributed by atoms with Crippen LogP contribution < -0.4 is 0 Å². The molecule has 2 aromatic rings. The van der Waals surface area contributed by atoms with Gasteiger partial charge in [0.1, 0.15) is 0 Å². The third-order valence-corrected chi connectivity index (χ3v) is 2.50. The third-order valence-electron chi connectivity index (χ3n) is 1.59. The summed E-state index contributed by atoms with van der Waals surface area (Å²) >= 11 is 6.64. The lowest BCUT2D eigenvalue weighted by Crippen LogP contribution is -1.72. The topological polar surface area (TPSA) is 0 Å². The molecule has 12 heavy (non-hydrogen) atoms. The lowest BCUT2D eigenvalue weighted by Gasteiger charge is -1.98. The van der Waals surface area contributed by atoms with E-state index in [4.69, 9.17) is 2.74 Å². The first-order chi connectivity index (χ1) is 6.58. The van der Waals surface area contributed by atoms with E-state index in [0.717, 1.165) is 19.7 Å². The van der Waals surface area contributed by atoms with Gasteiger partial charge in [0.25, 0.3) is 0 Å². The minimum absolute atomic E-state index is 0.434. The lowest BCUT2D eigenvalue weighted by molar-refractivity contribution is 1.67. The Morgan fingerprint density at radius 1 is 0.917 bits per heavy atom. The molecule has 0 aromatic heterocycles. The second kappa shape index (κ2) is 3.19. The summed E-state index contributed by atoms with van der Waals surface area (Å²) in [6, 6.07) is 8.06. The van der Waals surface area contributed by atoms with Crippen LogP contribution in [0.4, 0.5) is 0 Å². The average Bonchev–Trinajstić information content (AvgIpc) is 2.07. The van der Waals surface area contributed by atoms with Crippen LogP contribution >= 0.6 is 31.9 Å². The molecule has 0 aliphatic carbocycles. The maximum atomic E-state index is 7.76. The van der Waals surface area contributed by atoms with Crippen molar-refractivity contribution in [2.24, 2.45) is 0 Å². The summed E-state index contributed by atoms with van der Waals surface area (Å²) in [6.45, 7) is 0. The highest BCUT2D eigenvalue weighted by atomic mass is 79.9. The van der Waals surface area contributed by atoms with Crippen molar-refractivity contribution in [1.82, 2.24) is 0 Å². The first-order valence-corrected chi connectivity index (χ1v) is 5.02. The van der Waals surface area contributed by atoms with Crippen LogP contribution in [0.5, 0.6) is 0 Å². The van der Waals surface area contributed by atoms with Gasteiger partial charge in [-0.1, -0.05) is 43.9 Å². The number of fused-ring (bicyclic) bond motifs is 1. The number of benzene rings is 2. The fourth-order valence-electron chi connectivity index (χ4n) is 1.05. The highest BCUT2D eigenvalue weighted by Crippen LogP contribution is 2.22. The van der Waals surface area contributed by atoms with E-state index in [9.17, 15) is 0 Å². The lowest BCUT2D eigenvalue weighted by atomic mass is 10.1. The van der Waals surface area contributed by atoms with Crippen LogP contribution in [-0.4, -0.2) is 0 Å². The largest absolute Gasteiger partial charge is 0.0630 e. The van der Waals surface area contributed by atoms with Gasteiger partial charge in [-0.05, 0) is 35.0 Å². The summed E-state index contributed by atoms with van der Waals surface area (Å²) in [6.07, 6.45) is 0. The quantitative estimate of drug-likeness (QED) is 0.675. The number of hydrogen-bond donors (Lipinski definition) is 0. The molecule has 0 spiro atoms. The van der Waals surface area contributed by atoms with Crippen LogP contribution in [0.3, 0.4) is 0 Å². The minimum Gasteiger partial charge on any atom is -0.0532 e. The highest BCUT2D eigenvalue weighted by molar-refractivity contribution is 9.10. The Labute approximate surface area is 90.7 Å². The van der Waals surface area contributed by atoms with Gasteiger partial charge in [0.2, 0.25) is 0 Å². The van der Waals surface area contributed by atoms with Gasteiger partial charge >= 0.3 is 0 Å². The van der Waals surface area contributed by atoms with Crippen LogP contribution in [0.1, 0.15) is 2.74 Å². The summed E-state index contributed by atoms with van der Waals surface area (Å²) < 4.78 is 17.2. The van der Waals surface area contributed by atoms with E-state index in [1.807, 2.05) is 12.1 Å². The predicted molar refractivity (Wildman–Crippen MR) is 59.3 cm³/mol. The number of rotatable bonds is 0. The van der Waals surface area contributed by atoms with Gasteiger partial charge in [-0.25, -0.2) is 0 Å². The van der Waals surface area contributed by atoms with Crippen LogP contribution in [0.25, 0.3) is 10.8 Å². The monoisotopic (exact) mass is 286 g/mol. The van der Waals surface area contributed by atoms with Crippen molar-refractivity contribution < 1.29 is 2.74 Å². The Morgan fingerprint density at radius 3 is 1.75 bits per heavy atom. The van der Waals surface area contributed by atoms with E-state index >= 15 is 0 Å². The Bertz CT molecular complexity index is 462. The molecule has 0 aliphatic rings. The highest BCUT2D eigenvalue weighted by Gasteiger charge is 1.94. The molecule has 0 radical (unpaired) electrons.